The van der Waals surface area contributed by atoms with Crippen LogP contribution in [-0.4, -0.2) is 85.4 Å². The van der Waals surface area contributed by atoms with Gasteiger partial charge in [0.2, 0.25) is 5.91 Å². The Kier molecular flexibility index (Phi) is 7.86. The highest BCUT2D eigenvalue weighted by Gasteiger charge is 2.21. The van der Waals surface area contributed by atoms with Gasteiger partial charge in [-0.2, -0.15) is 0 Å². The molecule has 3 rings (SSSR count). The number of carbonyl (C=O) groups is 2. The van der Waals surface area contributed by atoms with Crippen LogP contribution in [0.1, 0.15) is 41.6 Å². The molecule has 0 bridgehead atoms. The predicted molar refractivity (Wildman–Crippen MR) is 111 cm³/mol. The number of piperidine rings is 1. The van der Waals surface area contributed by atoms with Crippen molar-refractivity contribution in [3.05, 3.63) is 35.4 Å². The second kappa shape index (κ2) is 10.6. The summed E-state index contributed by atoms with van der Waals surface area (Å²) in [4.78, 5) is 31.9. The average molecular weight is 387 g/mol. The zero-order valence-corrected chi connectivity index (χ0v) is 17.2. The molecule has 2 aliphatic rings. The summed E-state index contributed by atoms with van der Waals surface area (Å²) in [5.74, 6) is 0.190. The molecule has 0 aliphatic carbocycles. The maximum atomic E-state index is 13.1. The van der Waals surface area contributed by atoms with Crippen molar-refractivity contribution in [2.75, 3.05) is 58.9 Å². The van der Waals surface area contributed by atoms with Crippen molar-refractivity contribution in [1.82, 2.24) is 20.0 Å². The van der Waals surface area contributed by atoms with Gasteiger partial charge in [-0.25, -0.2) is 0 Å². The van der Waals surface area contributed by atoms with Crippen LogP contribution < -0.4 is 5.32 Å². The third-order valence-corrected chi connectivity index (χ3v) is 5.75. The Morgan fingerprint density at radius 2 is 1.79 bits per heavy atom. The van der Waals surface area contributed by atoms with Crippen LogP contribution in [0.15, 0.2) is 24.3 Å². The number of rotatable bonds is 7. The van der Waals surface area contributed by atoms with Gasteiger partial charge in [0.25, 0.3) is 5.91 Å². The Balaban J connectivity index is 1.60. The van der Waals surface area contributed by atoms with E-state index in [2.05, 4.69) is 10.2 Å². The summed E-state index contributed by atoms with van der Waals surface area (Å²) in [6.45, 7) is 9.53. The van der Waals surface area contributed by atoms with Gasteiger partial charge in [0.15, 0.2) is 0 Å². The number of carbonyl (C=O) groups excluding carboxylic acids is 2. The Morgan fingerprint density at radius 3 is 2.50 bits per heavy atom. The van der Waals surface area contributed by atoms with Gasteiger partial charge in [-0.05, 0) is 45.0 Å². The van der Waals surface area contributed by atoms with E-state index in [0.29, 0.717) is 25.1 Å². The molecule has 2 amide bonds. The predicted octanol–water partition coefficient (Wildman–Crippen LogP) is 1.75. The Hall–Kier alpha value is -1.92. The second-order valence-electron chi connectivity index (χ2n) is 7.94. The highest BCUT2D eigenvalue weighted by molar-refractivity contribution is 5.94. The van der Waals surface area contributed by atoms with E-state index in [0.717, 1.165) is 51.4 Å². The number of nitrogens with one attached hydrogen (secondary N) is 1. The van der Waals surface area contributed by atoms with E-state index in [4.69, 9.17) is 0 Å². The topological polar surface area (TPSA) is 55.9 Å². The third kappa shape index (κ3) is 6.04. The second-order valence-corrected chi connectivity index (χ2v) is 7.94. The van der Waals surface area contributed by atoms with Gasteiger partial charge < -0.3 is 20.0 Å². The molecule has 0 atom stereocenters. The summed E-state index contributed by atoms with van der Waals surface area (Å²) in [6, 6.07) is 7.75. The molecule has 0 aromatic heterocycles. The summed E-state index contributed by atoms with van der Waals surface area (Å²) in [5.41, 5.74) is 1.80. The van der Waals surface area contributed by atoms with Crippen molar-refractivity contribution in [3.8, 4) is 0 Å². The summed E-state index contributed by atoms with van der Waals surface area (Å²) in [6.07, 6.45) is 4.19. The number of likely N-dealkylation sites (tertiary alicyclic amines) is 1. The first kappa shape index (κ1) is 20.8. The number of aryl methyl sites for hydroxylation is 1. The SMILES string of the molecule is Cc1cccc(C(=O)N(CCC(=O)N2CCNCC2)CCN2CCCCC2)c1. The standard InChI is InChI=1S/C22H34N4O2/c1-19-6-5-7-20(18-19)22(28)26(17-16-24-11-3-2-4-12-24)13-8-21(27)25-14-9-23-10-15-25/h5-7,18,23H,2-4,8-17H2,1H3. The zero-order chi connectivity index (χ0) is 19.8. The Morgan fingerprint density at radius 1 is 1.04 bits per heavy atom. The summed E-state index contributed by atoms with van der Waals surface area (Å²) >= 11 is 0. The molecule has 0 saturated carbocycles. The minimum Gasteiger partial charge on any atom is -0.340 e. The molecule has 28 heavy (non-hydrogen) atoms. The fraction of sp³-hybridized carbons (Fsp3) is 0.636. The first-order valence-corrected chi connectivity index (χ1v) is 10.7. The van der Waals surface area contributed by atoms with Gasteiger partial charge >= 0.3 is 0 Å². The molecule has 2 aliphatic heterocycles. The summed E-state index contributed by atoms with van der Waals surface area (Å²) < 4.78 is 0. The van der Waals surface area contributed by atoms with E-state index in [1.54, 1.807) is 0 Å². The average Bonchev–Trinajstić information content (AvgIpc) is 2.74. The van der Waals surface area contributed by atoms with Gasteiger partial charge in [0.1, 0.15) is 0 Å². The molecule has 1 N–H and O–H groups in total. The Labute approximate surface area is 168 Å². The molecule has 2 saturated heterocycles. The van der Waals surface area contributed by atoms with Crippen molar-refractivity contribution in [1.29, 1.82) is 0 Å². The number of hydrogen-bond acceptors (Lipinski definition) is 4. The molecular formula is C22H34N4O2. The molecule has 0 spiro atoms. The van der Waals surface area contributed by atoms with Crippen LogP contribution >= 0.6 is 0 Å². The lowest BCUT2D eigenvalue weighted by Crippen LogP contribution is -2.47. The lowest BCUT2D eigenvalue weighted by molar-refractivity contribution is -0.131. The van der Waals surface area contributed by atoms with E-state index >= 15 is 0 Å². The van der Waals surface area contributed by atoms with Gasteiger partial charge in [0, 0.05) is 57.8 Å². The minimum atomic E-state index is 0.0359. The molecular weight excluding hydrogens is 352 g/mol. The van der Waals surface area contributed by atoms with Gasteiger partial charge in [-0.3, -0.25) is 9.59 Å². The van der Waals surface area contributed by atoms with Crippen LogP contribution in [-0.2, 0) is 4.79 Å². The van der Waals surface area contributed by atoms with Crippen LogP contribution in [0.4, 0.5) is 0 Å². The number of nitrogens with zero attached hydrogens (tertiary/aromatic N) is 3. The molecule has 0 unspecified atom stereocenters. The van der Waals surface area contributed by atoms with Crippen LogP contribution in [0.3, 0.4) is 0 Å². The van der Waals surface area contributed by atoms with Crippen molar-refractivity contribution in [3.63, 3.8) is 0 Å². The van der Waals surface area contributed by atoms with Crippen LogP contribution in [0.5, 0.6) is 0 Å². The first-order valence-electron chi connectivity index (χ1n) is 10.7. The third-order valence-electron chi connectivity index (χ3n) is 5.75. The summed E-state index contributed by atoms with van der Waals surface area (Å²) in [5, 5.41) is 3.27. The highest BCUT2D eigenvalue weighted by atomic mass is 16.2. The van der Waals surface area contributed by atoms with Crippen molar-refractivity contribution in [2.45, 2.75) is 32.6 Å². The quantitative estimate of drug-likeness (QED) is 0.776. The molecule has 1 aromatic rings. The molecule has 154 valence electrons. The Bertz CT molecular complexity index is 652. The van der Waals surface area contributed by atoms with Crippen LogP contribution in [0, 0.1) is 6.92 Å². The maximum Gasteiger partial charge on any atom is 0.253 e. The molecule has 2 fully saturated rings. The van der Waals surface area contributed by atoms with Crippen LogP contribution in [0.25, 0.3) is 0 Å². The molecule has 6 heteroatoms. The van der Waals surface area contributed by atoms with Gasteiger partial charge in [0.05, 0.1) is 0 Å². The molecule has 2 heterocycles. The van der Waals surface area contributed by atoms with E-state index < -0.39 is 0 Å². The number of benzene rings is 1. The fourth-order valence-corrected chi connectivity index (χ4v) is 4.02. The van der Waals surface area contributed by atoms with Crippen molar-refractivity contribution < 1.29 is 9.59 Å². The fourth-order valence-electron chi connectivity index (χ4n) is 4.02. The van der Waals surface area contributed by atoms with E-state index in [1.165, 1.54) is 19.3 Å². The highest BCUT2D eigenvalue weighted by Crippen LogP contribution is 2.12. The number of hydrogen-bond donors (Lipinski definition) is 1. The molecule has 6 nitrogen and oxygen atoms in total. The lowest BCUT2D eigenvalue weighted by atomic mass is 10.1. The zero-order valence-electron chi connectivity index (χ0n) is 17.2. The van der Waals surface area contributed by atoms with Crippen molar-refractivity contribution in [2.24, 2.45) is 0 Å². The number of amides is 2. The van der Waals surface area contributed by atoms with Crippen LogP contribution in [0.2, 0.25) is 0 Å². The van der Waals surface area contributed by atoms with E-state index in [9.17, 15) is 9.59 Å². The first-order chi connectivity index (χ1) is 13.6. The molecule has 0 radical (unpaired) electrons. The van der Waals surface area contributed by atoms with Crippen molar-refractivity contribution >= 4 is 11.8 Å². The smallest absolute Gasteiger partial charge is 0.253 e. The van der Waals surface area contributed by atoms with Gasteiger partial charge in [-0.1, -0.05) is 24.1 Å². The monoisotopic (exact) mass is 386 g/mol. The van der Waals surface area contributed by atoms with E-state index in [1.807, 2.05) is 41.0 Å². The van der Waals surface area contributed by atoms with E-state index in [-0.39, 0.29) is 11.8 Å². The minimum absolute atomic E-state index is 0.0359. The molecule has 1 aromatic carbocycles. The largest absolute Gasteiger partial charge is 0.340 e. The maximum absolute atomic E-state index is 13.1. The number of piperazine rings is 1. The normalized spacial score (nSPS) is 18.1. The lowest BCUT2D eigenvalue weighted by Gasteiger charge is -2.31. The summed E-state index contributed by atoms with van der Waals surface area (Å²) in [7, 11) is 0. The van der Waals surface area contributed by atoms with Gasteiger partial charge in [-0.15, -0.1) is 0 Å².